The molecule has 0 bridgehead atoms. The van der Waals surface area contributed by atoms with Crippen LogP contribution in [0, 0.1) is 0 Å². The fourth-order valence-electron chi connectivity index (χ4n) is 3.23. The number of nitrogens with zero attached hydrogens (tertiary/aromatic N) is 2. The van der Waals surface area contributed by atoms with Gasteiger partial charge < -0.3 is 10.3 Å². The molecule has 3 aromatic rings. The highest BCUT2D eigenvalue weighted by molar-refractivity contribution is 9.10. The van der Waals surface area contributed by atoms with Gasteiger partial charge in [0.1, 0.15) is 5.69 Å². The summed E-state index contributed by atoms with van der Waals surface area (Å²) in [7, 11) is 0. The van der Waals surface area contributed by atoms with Crippen molar-refractivity contribution in [3.05, 3.63) is 58.2 Å². The maximum Gasteiger partial charge on any atom is 0.272 e. The zero-order chi connectivity index (χ0) is 15.8. The molecule has 0 spiro atoms. The topological polar surface area (TPSA) is 70.7 Å². The summed E-state index contributed by atoms with van der Waals surface area (Å²) >= 11 is 3.53. The van der Waals surface area contributed by atoms with E-state index < -0.39 is 0 Å². The van der Waals surface area contributed by atoms with Gasteiger partial charge in [0, 0.05) is 33.5 Å². The monoisotopic (exact) mass is 370 g/mol. The van der Waals surface area contributed by atoms with Crippen molar-refractivity contribution >= 4 is 32.7 Å². The number of fused-ring (bicyclic) bond motifs is 3. The van der Waals surface area contributed by atoms with E-state index in [1.54, 1.807) is 6.20 Å². The molecule has 6 heteroatoms. The number of benzene rings is 1. The second-order valence-corrected chi connectivity index (χ2v) is 6.63. The summed E-state index contributed by atoms with van der Waals surface area (Å²) in [5.74, 6) is -0.184. The first-order valence-corrected chi connectivity index (χ1v) is 8.38. The normalized spacial score (nSPS) is 17.0. The zero-order valence-electron chi connectivity index (χ0n) is 12.3. The molecule has 0 saturated carbocycles. The fraction of sp³-hybridized carbons (Fsp3) is 0.235. The Balaban J connectivity index is 1.68. The molecule has 5 nitrogen and oxygen atoms in total. The minimum absolute atomic E-state index is 0.0144. The van der Waals surface area contributed by atoms with Gasteiger partial charge in [-0.3, -0.25) is 9.78 Å². The molecule has 1 aliphatic rings. The molecule has 2 heterocycles. The van der Waals surface area contributed by atoms with Gasteiger partial charge in [0.2, 0.25) is 0 Å². The Hall–Kier alpha value is -2.21. The number of hydrogen-bond acceptors (Lipinski definition) is 3. The van der Waals surface area contributed by atoms with Gasteiger partial charge in [0.25, 0.3) is 5.91 Å². The number of aryl methyl sites for hydroxylation is 1. The van der Waals surface area contributed by atoms with Gasteiger partial charge in [-0.2, -0.15) is 0 Å². The highest BCUT2D eigenvalue weighted by atomic mass is 79.9. The van der Waals surface area contributed by atoms with Gasteiger partial charge in [-0.1, -0.05) is 15.9 Å². The third kappa shape index (κ3) is 2.63. The van der Waals surface area contributed by atoms with Crippen molar-refractivity contribution in [1.29, 1.82) is 0 Å². The van der Waals surface area contributed by atoms with Crippen molar-refractivity contribution in [3.8, 4) is 0 Å². The number of carbonyl (C=O) groups excluding carboxylic acids is 1. The molecule has 1 amide bonds. The van der Waals surface area contributed by atoms with Crippen molar-refractivity contribution < 1.29 is 4.79 Å². The Kier molecular flexibility index (Phi) is 3.61. The molecular formula is C17H15BrN4O. The molecule has 2 N–H and O–H groups in total. The Morgan fingerprint density at radius 1 is 1.35 bits per heavy atom. The maximum absolute atomic E-state index is 12.4. The highest BCUT2D eigenvalue weighted by Gasteiger charge is 2.26. The van der Waals surface area contributed by atoms with E-state index in [1.165, 1.54) is 23.3 Å². The summed E-state index contributed by atoms with van der Waals surface area (Å²) in [5, 5.41) is 4.31. The number of carbonyl (C=O) groups is 1. The van der Waals surface area contributed by atoms with Gasteiger partial charge in [-0.25, -0.2) is 4.98 Å². The van der Waals surface area contributed by atoms with Crippen molar-refractivity contribution in [1.82, 2.24) is 20.3 Å². The number of amides is 1. The second-order valence-electron chi connectivity index (χ2n) is 5.72. The largest absolute Gasteiger partial charge is 0.356 e. The lowest BCUT2D eigenvalue weighted by Crippen LogP contribution is -2.31. The smallest absolute Gasteiger partial charge is 0.272 e. The van der Waals surface area contributed by atoms with E-state index in [1.807, 2.05) is 6.07 Å². The Morgan fingerprint density at radius 3 is 3.09 bits per heavy atom. The highest BCUT2D eigenvalue weighted by Crippen LogP contribution is 2.35. The number of nitrogens with one attached hydrogen (secondary N) is 2. The van der Waals surface area contributed by atoms with Gasteiger partial charge in [-0.05, 0) is 43.0 Å². The van der Waals surface area contributed by atoms with Crippen LogP contribution in [-0.4, -0.2) is 20.9 Å². The van der Waals surface area contributed by atoms with Crippen LogP contribution in [0.25, 0.3) is 10.9 Å². The van der Waals surface area contributed by atoms with Crippen LogP contribution in [-0.2, 0) is 6.42 Å². The van der Waals surface area contributed by atoms with Crippen LogP contribution < -0.4 is 5.32 Å². The molecule has 1 unspecified atom stereocenters. The molecule has 0 aliphatic heterocycles. The van der Waals surface area contributed by atoms with E-state index in [2.05, 4.69) is 48.3 Å². The van der Waals surface area contributed by atoms with Gasteiger partial charge in [0.15, 0.2) is 0 Å². The molecule has 1 aromatic carbocycles. The van der Waals surface area contributed by atoms with Crippen molar-refractivity contribution in [2.45, 2.75) is 25.3 Å². The molecule has 0 saturated heterocycles. The predicted octanol–water partition coefficient (Wildman–Crippen LogP) is 3.53. The Bertz CT molecular complexity index is 875. The number of aromatic amines is 1. The lowest BCUT2D eigenvalue weighted by Gasteiger charge is -2.23. The molecule has 4 rings (SSSR count). The van der Waals surface area contributed by atoms with E-state index in [0.717, 1.165) is 34.9 Å². The average molecular weight is 371 g/mol. The summed E-state index contributed by atoms with van der Waals surface area (Å²) in [6.45, 7) is 0. The second kappa shape index (κ2) is 5.77. The minimum atomic E-state index is -0.184. The van der Waals surface area contributed by atoms with E-state index in [4.69, 9.17) is 0 Å². The van der Waals surface area contributed by atoms with Crippen molar-refractivity contribution in [2.75, 3.05) is 0 Å². The third-order valence-electron chi connectivity index (χ3n) is 4.27. The summed E-state index contributed by atoms with van der Waals surface area (Å²) in [5.41, 5.74) is 3.87. The summed E-state index contributed by atoms with van der Waals surface area (Å²) in [6.07, 6.45) is 7.59. The number of hydrogen-bond donors (Lipinski definition) is 2. The number of rotatable bonds is 2. The van der Waals surface area contributed by atoms with Crippen LogP contribution in [0.2, 0.25) is 0 Å². The molecule has 116 valence electrons. The van der Waals surface area contributed by atoms with E-state index in [0.29, 0.717) is 5.69 Å². The number of halogens is 1. The van der Waals surface area contributed by atoms with E-state index in [9.17, 15) is 4.79 Å². The van der Waals surface area contributed by atoms with Crippen molar-refractivity contribution in [2.24, 2.45) is 0 Å². The summed E-state index contributed by atoms with van der Waals surface area (Å²) < 4.78 is 1.07. The fourth-order valence-corrected chi connectivity index (χ4v) is 3.59. The van der Waals surface area contributed by atoms with Crippen LogP contribution in [0.15, 0.2) is 41.3 Å². The lowest BCUT2D eigenvalue weighted by molar-refractivity contribution is 0.0926. The third-order valence-corrected chi connectivity index (χ3v) is 4.76. The molecule has 23 heavy (non-hydrogen) atoms. The Morgan fingerprint density at radius 2 is 2.26 bits per heavy atom. The van der Waals surface area contributed by atoms with Crippen LogP contribution in [0.3, 0.4) is 0 Å². The van der Waals surface area contributed by atoms with Gasteiger partial charge in [0.05, 0.1) is 12.2 Å². The predicted molar refractivity (Wildman–Crippen MR) is 91.2 cm³/mol. The van der Waals surface area contributed by atoms with Crippen molar-refractivity contribution in [3.63, 3.8) is 0 Å². The molecule has 1 aliphatic carbocycles. The first-order valence-electron chi connectivity index (χ1n) is 7.59. The molecule has 0 radical (unpaired) electrons. The van der Waals surface area contributed by atoms with E-state index >= 15 is 0 Å². The SMILES string of the molecule is O=C(NC1CCCc2c1[nH]c1ccc(Br)cc21)c1cnccn1. The van der Waals surface area contributed by atoms with Crippen LogP contribution in [0.5, 0.6) is 0 Å². The van der Waals surface area contributed by atoms with E-state index in [-0.39, 0.29) is 11.9 Å². The molecule has 2 aromatic heterocycles. The molecule has 1 atom stereocenters. The maximum atomic E-state index is 12.4. The summed E-state index contributed by atoms with van der Waals surface area (Å²) in [4.78, 5) is 23.9. The minimum Gasteiger partial charge on any atom is -0.356 e. The number of aromatic nitrogens is 3. The van der Waals surface area contributed by atoms with Crippen LogP contribution in [0.4, 0.5) is 0 Å². The number of H-pyrrole nitrogens is 1. The van der Waals surface area contributed by atoms with Crippen LogP contribution >= 0.6 is 15.9 Å². The van der Waals surface area contributed by atoms with Gasteiger partial charge >= 0.3 is 0 Å². The molecule has 0 fully saturated rings. The first kappa shape index (κ1) is 14.4. The standard InChI is InChI=1S/C17H15BrN4O/c18-10-4-5-13-12(8-10)11-2-1-3-14(16(11)21-13)22-17(23)15-9-19-6-7-20-15/h4-9,14,21H,1-3H2,(H,22,23). The molecular weight excluding hydrogens is 356 g/mol. The average Bonchev–Trinajstić information content (AvgIpc) is 2.95. The quantitative estimate of drug-likeness (QED) is 0.724. The van der Waals surface area contributed by atoms with Crippen LogP contribution in [0.1, 0.15) is 40.6 Å². The lowest BCUT2D eigenvalue weighted by atomic mass is 9.91. The van der Waals surface area contributed by atoms with Gasteiger partial charge in [-0.15, -0.1) is 0 Å². The zero-order valence-corrected chi connectivity index (χ0v) is 13.9. The summed E-state index contributed by atoms with van der Waals surface area (Å²) in [6, 6.07) is 6.22. The first-order chi connectivity index (χ1) is 11.2. The Labute approximate surface area is 141 Å².